The van der Waals surface area contributed by atoms with Crippen LogP contribution in [0.5, 0.6) is 0 Å². The van der Waals surface area contributed by atoms with Crippen molar-refractivity contribution in [2.45, 2.75) is 83.1 Å². The average molecular weight is 1050 g/mol. The first kappa shape index (κ1) is 51.3. The maximum atomic E-state index is 13.9. The Labute approximate surface area is 438 Å². The molecule has 2 heterocycles. The van der Waals surface area contributed by atoms with Gasteiger partial charge in [-0.15, -0.1) is 43.1 Å². The molecule has 0 aliphatic heterocycles. The number of nitrogens with zero attached hydrogens (tertiary/aromatic N) is 4. The second kappa shape index (κ2) is 19.2. The maximum Gasteiger partial charge on any atom is 0.186 e. The summed E-state index contributed by atoms with van der Waals surface area (Å²) in [5, 5.41) is 22.6. The fraction of sp³-hybridized carbons (Fsp3) is 0.276. The summed E-state index contributed by atoms with van der Waals surface area (Å²) < 4.78 is 2.20. The third-order valence-electron chi connectivity index (χ3n) is 12.2. The van der Waals surface area contributed by atoms with Gasteiger partial charge in [0.15, 0.2) is 11.6 Å². The Hall–Kier alpha value is -5.06. The molecule has 0 bridgehead atoms. The lowest BCUT2D eigenvalue weighted by molar-refractivity contribution is -0.114. The summed E-state index contributed by atoms with van der Waals surface area (Å²) in [6, 6.07) is 27.2. The summed E-state index contributed by atoms with van der Waals surface area (Å²) in [6.07, 6.45) is 7.79. The van der Waals surface area contributed by atoms with Gasteiger partial charge in [-0.25, -0.2) is 0 Å². The number of hydrogen-bond donors (Lipinski definition) is 0. The molecular formula is C58H54Cl4N4O2S2. The Morgan fingerprint density at radius 2 is 0.743 bits per heavy atom. The number of carbonyl (C=O) groups is 2. The molecule has 2 aliphatic rings. The van der Waals surface area contributed by atoms with Gasteiger partial charge in [0.05, 0.1) is 29.8 Å². The molecule has 0 amide bonds. The lowest BCUT2D eigenvalue weighted by atomic mass is 9.71. The second-order valence-electron chi connectivity index (χ2n) is 21.8. The molecule has 358 valence electrons. The molecule has 70 heavy (non-hydrogen) atoms. The van der Waals surface area contributed by atoms with E-state index in [1.54, 1.807) is 46.9 Å². The molecule has 0 unspecified atom stereocenters. The van der Waals surface area contributed by atoms with Crippen LogP contribution in [0, 0.1) is 21.7 Å². The van der Waals surface area contributed by atoms with Crippen molar-refractivity contribution in [2.24, 2.45) is 42.1 Å². The van der Waals surface area contributed by atoms with E-state index < -0.39 is 21.7 Å². The Morgan fingerprint density at radius 3 is 1.04 bits per heavy atom. The maximum absolute atomic E-state index is 13.9. The fourth-order valence-corrected chi connectivity index (χ4v) is 11.4. The van der Waals surface area contributed by atoms with Gasteiger partial charge in [0.1, 0.15) is 22.8 Å². The van der Waals surface area contributed by atoms with E-state index in [0.717, 1.165) is 41.1 Å². The number of fused-ring (bicyclic) bond motifs is 2. The third-order valence-corrected chi connectivity index (χ3v) is 15.6. The molecule has 4 aromatic carbocycles. The number of halogens is 4. The van der Waals surface area contributed by atoms with Crippen LogP contribution < -0.4 is 0 Å². The predicted molar refractivity (Wildman–Crippen MR) is 299 cm³/mol. The van der Waals surface area contributed by atoms with Crippen LogP contribution in [0.1, 0.15) is 92.8 Å². The molecule has 2 aliphatic carbocycles. The van der Waals surface area contributed by atoms with Crippen LogP contribution >= 0.6 is 69.1 Å². The first-order chi connectivity index (χ1) is 32.7. The monoisotopic (exact) mass is 1040 g/mol. The second-order valence-corrected chi connectivity index (χ2v) is 25.6. The largest absolute Gasteiger partial charge is 0.289 e. The van der Waals surface area contributed by atoms with E-state index in [9.17, 15) is 9.59 Å². The molecule has 0 saturated carbocycles. The van der Waals surface area contributed by atoms with Crippen LogP contribution in [-0.2, 0) is 9.59 Å². The smallest absolute Gasteiger partial charge is 0.186 e. The Balaban J connectivity index is 1.20. The highest BCUT2D eigenvalue weighted by Crippen LogP contribution is 2.47. The van der Waals surface area contributed by atoms with Gasteiger partial charge in [0.25, 0.3) is 0 Å². The van der Waals surface area contributed by atoms with Crippen LogP contribution in [0.25, 0.3) is 42.7 Å². The zero-order valence-electron chi connectivity index (χ0n) is 41.3. The van der Waals surface area contributed by atoms with E-state index in [4.69, 9.17) is 66.9 Å². The minimum atomic E-state index is -0.423. The average Bonchev–Trinajstić information content (AvgIpc) is 3.90. The number of hydrogen-bond acceptors (Lipinski definition) is 8. The molecule has 0 atom stereocenters. The van der Waals surface area contributed by atoms with E-state index >= 15 is 0 Å². The Morgan fingerprint density at radius 1 is 0.429 bits per heavy atom. The highest BCUT2D eigenvalue weighted by molar-refractivity contribution is 7.20. The minimum absolute atomic E-state index is 0.0309. The summed E-state index contributed by atoms with van der Waals surface area (Å²) in [5.74, 6) is 0.0618. The van der Waals surface area contributed by atoms with Crippen molar-refractivity contribution in [3.05, 3.63) is 173 Å². The lowest BCUT2D eigenvalue weighted by Crippen LogP contribution is -2.28. The van der Waals surface area contributed by atoms with Gasteiger partial charge in [-0.1, -0.05) is 166 Å². The predicted octanol–water partition coefficient (Wildman–Crippen LogP) is 20.4. The molecule has 6 aromatic rings. The number of allylic oxidation sites excluding steroid dienone is 10. The van der Waals surface area contributed by atoms with Crippen molar-refractivity contribution in [3.8, 4) is 11.1 Å². The highest BCUT2D eigenvalue weighted by atomic mass is 35.5. The van der Waals surface area contributed by atoms with Crippen molar-refractivity contribution < 1.29 is 9.59 Å². The molecule has 0 radical (unpaired) electrons. The van der Waals surface area contributed by atoms with E-state index in [1.807, 2.05) is 132 Å². The van der Waals surface area contributed by atoms with Crippen molar-refractivity contribution in [2.75, 3.05) is 0 Å². The number of azo groups is 2. The molecular weight excluding hydrogens is 991 g/mol. The molecule has 0 saturated heterocycles. The fourth-order valence-electron chi connectivity index (χ4n) is 8.30. The quantitative estimate of drug-likeness (QED) is 0.149. The summed E-state index contributed by atoms with van der Waals surface area (Å²) in [5.41, 5.74) is 5.62. The van der Waals surface area contributed by atoms with Crippen LogP contribution in [-0.4, -0.2) is 11.6 Å². The third kappa shape index (κ3) is 10.6. The molecule has 0 N–H and O–H groups in total. The van der Waals surface area contributed by atoms with E-state index in [-0.39, 0.29) is 21.6 Å². The topological polar surface area (TPSA) is 83.6 Å². The number of ketones is 2. The van der Waals surface area contributed by atoms with Crippen molar-refractivity contribution in [3.63, 3.8) is 0 Å². The molecule has 0 spiro atoms. The van der Waals surface area contributed by atoms with Gasteiger partial charge in [0, 0.05) is 54.0 Å². The van der Waals surface area contributed by atoms with Crippen LogP contribution in [0.15, 0.2) is 163 Å². The van der Waals surface area contributed by atoms with Crippen molar-refractivity contribution in [1.29, 1.82) is 0 Å². The minimum Gasteiger partial charge on any atom is -0.289 e. The number of Topliss-reactive ketones (excluding diaryl/α,β-unsaturated/α-hetero) is 2. The zero-order valence-corrected chi connectivity index (χ0v) is 46.0. The summed E-state index contributed by atoms with van der Waals surface area (Å²) in [7, 11) is 0. The zero-order chi connectivity index (χ0) is 50.8. The van der Waals surface area contributed by atoms with Crippen molar-refractivity contribution >= 4 is 124 Å². The van der Waals surface area contributed by atoms with Crippen LogP contribution in [0.3, 0.4) is 0 Å². The normalized spacial score (nSPS) is 15.4. The molecule has 0 fully saturated rings. The summed E-state index contributed by atoms with van der Waals surface area (Å²) in [6.45, 7) is 24.6. The molecule has 6 nitrogen and oxygen atoms in total. The van der Waals surface area contributed by atoms with Gasteiger partial charge < -0.3 is 0 Å². The number of carbonyl (C=O) groups excluding carboxylic acids is 2. The first-order valence-corrected chi connectivity index (χ1v) is 26.1. The number of benzene rings is 4. The van der Waals surface area contributed by atoms with Gasteiger partial charge in [-0.2, -0.15) is 0 Å². The van der Waals surface area contributed by atoms with Crippen LogP contribution in [0.2, 0.25) is 20.1 Å². The summed E-state index contributed by atoms with van der Waals surface area (Å²) in [4.78, 5) is 29.7. The number of thiophene rings is 2. The SMILES string of the molecule is CC(C)(C)C1=CC(=C(N=Nc2cc(Cl)c(-c3cc(Cl)c(N=NC(=C4C=C(C(C)(C)C)C(=O)C(C(C)(C)C)=C4)c4cc5ccccc5s4)cc3Cl)cc2Cl)c2cc3ccccc3s2)C=C(C(C)(C)C)C1=O. The van der Waals surface area contributed by atoms with E-state index in [2.05, 4.69) is 36.4 Å². The van der Waals surface area contributed by atoms with Gasteiger partial charge in [-0.05, 0) is 105 Å². The first-order valence-electron chi connectivity index (χ1n) is 23.0. The van der Waals surface area contributed by atoms with Gasteiger partial charge >= 0.3 is 0 Å². The lowest BCUT2D eigenvalue weighted by Gasteiger charge is -2.31. The molecule has 8 rings (SSSR count). The Bertz CT molecular complexity index is 3070. The van der Waals surface area contributed by atoms with E-state index in [0.29, 0.717) is 66.2 Å². The highest BCUT2D eigenvalue weighted by Gasteiger charge is 2.36. The standard InChI is InChI=1S/C58H54Cl4N4O2S2/c1-55(2,3)37-21-33(22-38(53(37)67)56(4,5)6)51(49-25-31-17-13-15-19-47(31)69-49)65-63-45-29-41(59)35(27-43(45)61)36-28-44(62)46(30-42(36)60)64-66-52(50-26-32-18-14-16-20-48(32)70-50)34-23-39(57(7,8)9)54(68)40(24-34)58(10,11)12/h13-30H,1-12H3. The number of rotatable bonds is 7. The Kier molecular flexibility index (Phi) is 14.1. The van der Waals surface area contributed by atoms with Gasteiger partial charge in [0.2, 0.25) is 0 Å². The van der Waals surface area contributed by atoms with Crippen molar-refractivity contribution in [1.82, 2.24) is 0 Å². The molecule has 2 aromatic heterocycles. The summed E-state index contributed by atoms with van der Waals surface area (Å²) >= 11 is 31.4. The molecule has 12 heteroatoms. The van der Waals surface area contributed by atoms with Crippen LogP contribution in [0.4, 0.5) is 11.4 Å². The van der Waals surface area contributed by atoms with E-state index in [1.165, 1.54) is 0 Å². The van der Waals surface area contributed by atoms with Gasteiger partial charge in [-0.3, -0.25) is 9.59 Å².